The Morgan fingerprint density at radius 2 is 2.15 bits per heavy atom. The molecule has 8 heteroatoms. The van der Waals surface area contributed by atoms with E-state index in [4.69, 9.17) is 21.1 Å². The number of aromatic nitrogens is 2. The van der Waals surface area contributed by atoms with Crippen molar-refractivity contribution in [2.45, 2.75) is 6.92 Å². The minimum atomic E-state index is -0.641. The third kappa shape index (κ3) is 3.33. The van der Waals surface area contributed by atoms with Crippen molar-refractivity contribution in [1.29, 1.82) is 0 Å². The van der Waals surface area contributed by atoms with E-state index in [0.717, 1.165) is 6.20 Å². The van der Waals surface area contributed by atoms with Crippen LogP contribution in [0.4, 0.5) is 5.69 Å². The minimum absolute atomic E-state index is 0.133. The Morgan fingerprint density at radius 3 is 2.85 bits per heavy atom. The van der Waals surface area contributed by atoms with E-state index in [-0.39, 0.29) is 16.9 Å². The molecule has 7 nitrogen and oxygen atoms in total. The highest BCUT2D eigenvalue weighted by atomic mass is 35.5. The lowest BCUT2D eigenvalue weighted by Gasteiger charge is -2.07. The lowest BCUT2D eigenvalue weighted by Crippen LogP contribution is -1.98. The van der Waals surface area contributed by atoms with Crippen molar-refractivity contribution in [3.63, 3.8) is 0 Å². The minimum Gasteiger partial charge on any atom is -0.494 e. The molecule has 0 aliphatic rings. The molecule has 0 fully saturated rings. The molecule has 20 heavy (non-hydrogen) atoms. The molecule has 0 aliphatic heterocycles. The van der Waals surface area contributed by atoms with Gasteiger partial charge in [0.2, 0.25) is 5.28 Å². The Balaban J connectivity index is 2.31. The Hall–Kier alpha value is -2.41. The summed E-state index contributed by atoms with van der Waals surface area (Å²) in [7, 11) is 0. The first-order chi connectivity index (χ1) is 9.60. The van der Waals surface area contributed by atoms with Crippen molar-refractivity contribution in [1.82, 2.24) is 9.97 Å². The third-order valence-electron chi connectivity index (χ3n) is 2.23. The van der Waals surface area contributed by atoms with Gasteiger partial charge in [0.25, 0.3) is 0 Å². The zero-order valence-corrected chi connectivity index (χ0v) is 11.2. The van der Waals surface area contributed by atoms with Crippen molar-refractivity contribution >= 4 is 17.3 Å². The van der Waals surface area contributed by atoms with Gasteiger partial charge in [-0.05, 0) is 30.7 Å². The lowest BCUT2D eigenvalue weighted by molar-refractivity contribution is -0.386. The van der Waals surface area contributed by atoms with Gasteiger partial charge in [-0.1, -0.05) is 6.07 Å². The number of hydrogen-bond acceptors (Lipinski definition) is 6. The summed E-state index contributed by atoms with van der Waals surface area (Å²) in [6.07, 6.45) is 0.997. The van der Waals surface area contributed by atoms with E-state index in [1.54, 1.807) is 24.3 Å². The average Bonchev–Trinajstić information content (AvgIpc) is 2.39. The lowest BCUT2D eigenvalue weighted by atomic mass is 10.3. The van der Waals surface area contributed by atoms with Gasteiger partial charge in [-0.15, -0.1) is 0 Å². The fourth-order valence-corrected chi connectivity index (χ4v) is 1.57. The predicted molar refractivity (Wildman–Crippen MR) is 71.4 cm³/mol. The summed E-state index contributed by atoms with van der Waals surface area (Å²) in [5.41, 5.74) is -0.365. The van der Waals surface area contributed by atoms with Gasteiger partial charge in [-0.25, -0.2) is 4.98 Å². The average molecular weight is 296 g/mol. The quantitative estimate of drug-likeness (QED) is 0.478. The number of halogens is 1. The van der Waals surface area contributed by atoms with Crippen molar-refractivity contribution < 1.29 is 14.4 Å². The van der Waals surface area contributed by atoms with Crippen molar-refractivity contribution in [3.8, 4) is 17.4 Å². The Kier molecular flexibility index (Phi) is 4.31. The van der Waals surface area contributed by atoms with Crippen molar-refractivity contribution in [2.24, 2.45) is 0 Å². The number of ether oxygens (including phenoxy) is 2. The molecule has 1 aromatic carbocycles. The second kappa shape index (κ2) is 6.16. The summed E-state index contributed by atoms with van der Waals surface area (Å²) in [6.45, 7) is 2.35. The second-order valence-corrected chi connectivity index (χ2v) is 3.93. The monoisotopic (exact) mass is 295 g/mol. The molecule has 0 spiro atoms. The van der Waals surface area contributed by atoms with Crippen LogP contribution in [-0.2, 0) is 0 Å². The molecule has 0 saturated heterocycles. The second-order valence-electron chi connectivity index (χ2n) is 3.60. The molecule has 0 amide bonds. The molecule has 0 aliphatic carbocycles. The number of hydrogen-bond donors (Lipinski definition) is 0. The highest BCUT2D eigenvalue weighted by molar-refractivity contribution is 6.28. The summed E-state index contributed by atoms with van der Waals surface area (Å²) in [6, 6.07) is 6.68. The van der Waals surface area contributed by atoms with Crippen LogP contribution < -0.4 is 9.47 Å². The molecule has 1 aromatic heterocycles. The largest absolute Gasteiger partial charge is 0.494 e. The van der Waals surface area contributed by atoms with Crippen molar-refractivity contribution in [2.75, 3.05) is 6.61 Å². The Labute approximate surface area is 119 Å². The zero-order chi connectivity index (χ0) is 14.5. The molecular weight excluding hydrogens is 286 g/mol. The van der Waals surface area contributed by atoms with E-state index in [0.29, 0.717) is 18.1 Å². The standard InChI is InChI=1S/C12H10ClN3O4/c1-2-19-8-4-3-5-9(6-8)20-11-10(16(17)18)7-14-12(13)15-11/h3-7H,2H2,1H3. The van der Waals surface area contributed by atoms with Crippen LogP contribution in [0.15, 0.2) is 30.5 Å². The maximum Gasteiger partial charge on any atom is 0.349 e. The summed E-state index contributed by atoms with van der Waals surface area (Å²) >= 11 is 5.62. The summed E-state index contributed by atoms with van der Waals surface area (Å²) in [4.78, 5) is 17.5. The smallest absolute Gasteiger partial charge is 0.349 e. The van der Waals surface area contributed by atoms with E-state index in [1.807, 2.05) is 6.92 Å². The number of nitrogens with zero attached hydrogens (tertiary/aromatic N) is 3. The molecule has 104 valence electrons. The Bertz CT molecular complexity index is 636. The van der Waals surface area contributed by atoms with Crippen LogP contribution in [-0.4, -0.2) is 21.5 Å². The van der Waals surface area contributed by atoms with Gasteiger partial charge >= 0.3 is 11.6 Å². The number of rotatable bonds is 5. The maximum absolute atomic E-state index is 10.9. The molecule has 0 radical (unpaired) electrons. The fourth-order valence-electron chi connectivity index (χ4n) is 1.45. The van der Waals surface area contributed by atoms with E-state index < -0.39 is 4.92 Å². The SMILES string of the molecule is CCOc1cccc(Oc2nc(Cl)ncc2[N+](=O)[O-])c1. The van der Waals surface area contributed by atoms with E-state index in [9.17, 15) is 10.1 Å². The highest BCUT2D eigenvalue weighted by Crippen LogP contribution is 2.30. The van der Waals surface area contributed by atoms with E-state index >= 15 is 0 Å². The van der Waals surface area contributed by atoms with E-state index in [1.165, 1.54) is 0 Å². The van der Waals surface area contributed by atoms with Crippen LogP contribution in [0.25, 0.3) is 0 Å². The first-order valence-electron chi connectivity index (χ1n) is 5.67. The maximum atomic E-state index is 10.9. The van der Waals surface area contributed by atoms with Crippen LogP contribution >= 0.6 is 11.6 Å². The molecule has 0 unspecified atom stereocenters. The molecule has 0 saturated carbocycles. The molecule has 1 heterocycles. The number of nitro groups is 1. The van der Waals surface area contributed by atoms with Crippen LogP contribution in [0.2, 0.25) is 5.28 Å². The van der Waals surface area contributed by atoms with Gasteiger partial charge in [0, 0.05) is 6.07 Å². The fraction of sp³-hybridized carbons (Fsp3) is 0.167. The van der Waals surface area contributed by atoms with E-state index in [2.05, 4.69) is 9.97 Å². The number of benzene rings is 1. The normalized spacial score (nSPS) is 10.1. The highest BCUT2D eigenvalue weighted by Gasteiger charge is 2.19. The van der Waals surface area contributed by atoms with Gasteiger partial charge in [0.1, 0.15) is 17.7 Å². The molecule has 0 atom stereocenters. The summed E-state index contributed by atoms with van der Waals surface area (Å²) in [5.74, 6) is 0.727. The van der Waals surface area contributed by atoms with Gasteiger partial charge < -0.3 is 9.47 Å². The first-order valence-corrected chi connectivity index (χ1v) is 6.05. The molecule has 0 bridgehead atoms. The Morgan fingerprint density at radius 1 is 1.40 bits per heavy atom. The topological polar surface area (TPSA) is 87.4 Å². The zero-order valence-electron chi connectivity index (χ0n) is 10.4. The van der Waals surface area contributed by atoms with Gasteiger partial charge in [-0.3, -0.25) is 10.1 Å². The van der Waals surface area contributed by atoms with Gasteiger partial charge in [-0.2, -0.15) is 4.98 Å². The molecule has 2 aromatic rings. The molecule has 0 N–H and O–H groups in total. The van der Waals surface area contributed by atoms with Crippen LogP contribution in [0.5, 0.6) is 17.4 Å². The molecule has 2 rings (SSSR count). The first kappa shape index (κ1) is 14.0. The van der Waals surface area contributed by atoms with Crippen molar-refractivity contribution in [3.05, 3.63) is 45.9 Å². The summed E-state index contributed by atoms with van der Waals surface area (Å²) < 4.78 is 10.7. The summed E-state index contributed by atoms with van der Waals surface area (Å²) in [5, 5.41) is 10.7. The van der Waals surface area contributed by atoms with Crippen LogP contribution in [0.1, 0.15) is 6.92 Å². The van der Waals surface area contributed by atoms with Crippen LogP contribution in [0.3, 0.4) is 0 Å². The van der Waals surface area contributed by atoms with Gasteiger partial charge in [0.05, 0.1) is 11.5 Å². The molecular formula is C12H10ClN3O4. The predicted octanol–water partition coefficient (Wildman–Crippen LogP) is 3.23. The van der Waals surface area contributed by atoms with Gasteiger partial charge in [0.15, 0.2) is 0 Å². The van der Waals surface area contributed by atoms with Crippen LogP contribution in [0, 0.1) is 10.1 Å². The third-order valence-corrected chi connectivity index (χ3v) is 2.42.